The number of rotatable bonds is 4. The predicted molar refractivity (Wildman–Crippen MR) is 85.3 cm³/mol. The molecule has 22 heavy (non-hydrogen) atoms. The van der Waals surface area contributed by atoms with Crippen molar-refractivity contribution in [2.75, 3.05) is 0 Å². The van der Waals surface area contributed by atoms with Crippen LogP contribution in [0, 0.1) is 0 Å². The zero-order valence-electron chi connectivity index (χ0n) is 11.2. The first-order chi connectivity index (χ1) is 10.5. The van der Waals surface area contributed by atoms with Gasteiger partial charge in [0.25, 0.3) is 11.5 Å². The summed E-state index contributed by atoms with van der Waals surface area (Å²) in [5.41, 5.74) is 6.04. The number of benzene rings is 1. The number of carbonyl (C=O) groups excluding carboxylic acids is 1. The highest BCUT2D eigenvalue weighted by atomic mass is 35.5. The number of halogens is 1. The summed E-state index contributed by atoms with van der Waals surface area (Å²) in [5, 5.41) is 3.29. The van der Waals surface area contributed by atoms with E-state index in [0.29, 0.717) is 22.1 Å². The molecule has 0 bridgehead atoms. The van der Waals surface area contributed by atoms with E-state index in [2.05, 4.69) is 10.1 Å². The Morgan fingerprint density at radius 1 is 1.32 bits per heavy atom. The number of fused-ring (bicyclic) bond motifs is 1. The Kier molecular flexibility index (Phi) is 3.91. The Labute approximate surface area is 134 Å². The SMILES string of the molecule is NC(=O)c1cc2nc(CSc3ccc(Cl)cc3)cc(=O)n2[nH]1. The Morgan fingerprint density at radius 3 is 2.73 bits per heavy atom. The van der Waals surface area contributed by atoms with E-state index in [0.717, 1.165) is 4.90 Å². The normalized spacial score (nSPS) is 11.0. The molecule has 0 fully saturated rings. The average molecular weight is 335 g/mol. The number of aromatic amines is 1. The van der Waals surface area contributed by atoms with Crippen molar-refractivity contribution in [2.45, 2.75) is 10.6 Å². The first-order valence-corrected chi connectivity index (χ1v) is 7.69. The molecule has 6 nitrogen and oxygen atoms in total. The first kappa shape index (κ1) is 14.7. The van der Waals surface area contributed by atoms with Crippen molar-refractivity contribution in [3.05, 3.63) is 63.2 Å². The number of amides is 1. The maximum atomic E-state index is 12.0. The lowest BCUT2D eigenvalue weighted by Crippen LogP contribution is -2.17. The molecule has 1 amide bonds. The molecule has 2 heterocycles. The van der Waals surface area contributed by atoms with Crippen LogP contribution in [0.5, 0.6) is 0 Å². The van der Waals surface area contributed by atoms with Gasteiger partial charge in [0, 0.05) is 27.8 Å². The summed E-state index contributed by atoms with van der Waals surface area (Å²) in [6, 6.07) is 10.3. The van der Waals surface area contributed by atoms with Crippen LogP contribution in [0.25, 0.3) is 5.65 Å². The molecule has 2 aromatic heterocycles. The van der Waals surface area contributed by atoms with Gasteiger partial charge in [-0.1, -0.05) is 11.6 Å². The summed E-state index contributed by atoms with van der Waals surface area (Å²) in [5.74, 6) is -0.105. The number of nitrogens with two attached hydrogens (primary N) is 1. The molecular weight excluding hydrogens is 324 g/mol. The molecule has 3 rings (SSSR count). The van der Waals surface area contributed by atoms with Crippen molar-refractivity contribution in [3.63, 3.8) is 0 Å². The number of nitrogens with zero attached hydrogens (tertiary/aromatic N) is 2. The van der Waals surface area contributed by atoms with Gasteiger partial charge in [-0.15, -0.1) is 11.8 Å². The maximum absolute atomic E-state index is 12.0. The van der Waals surface area contributed by atoms with Gasteiger partial charge in [-0.2, -0.15) is 0 Å². The van der Waals surface area contributed by atoms with E-state index in [-0.39, 0.29) is 11.3 Å². The molecular formula is C14H11ClN4O2S. The third-order valence-electron chi connectivity index (χ3n) is 2.97. The largest absolute Gasteiger partial charge is 0.364 e. The molecule has 3 N–H and O–H groups in total. The zero-order chi connectivity index (χ0) is 15.7. The van der Waals surface area contributed by atoms with Gasteiger partial charge in [0.2, 0.25) is 0 Å². The quantitative estimate of drug-likeness (QED) is 0.714. The highest BCUT2D eigenvalue weighted by Gasteiger charge is 2.09. The fourth-order valence-electron chi connectivity index (χ4n) is 1.93. The summed E-state index contributed by atoms with van der Waals surface area (Å²) in [6.07, 6.45) is 0. The third-order valence-corrected chi connectivity index (χ3v) is 4.27. The monoisotopic (exact) mass is 334 g/mol. The summed E-state index contributed by atoms with van der Waals surface area (Å²) < 4.78 is 1.19. The summed E-state index contributed by atoms with van der Waals surface area (Å²) >= 11 is 7.38. The van der Waals surface area contributed by atoms with E-state index in [9.17, 15) is 9.59 Å². The lowest BCUT2D eigenvalue weighted by molar-refractivity contribution is 0.0995. The number of aromatic nitrogens is 3. The first-order valence-electron chi connectivity index (χ1n) is 6.33. The van der Waals surface area contributed by atoms with Crippen molar-refractivity contribution < 1.29 is 4.79 Å². The molecule has 8 heteroatoms. The number of nitrogens with one attached hydrogen (secondary N) is 1. The molecule has 0 aliphatic carbocycles. The molecule has 0 saturated heterocycles. The third kappa shape index (κ3) is 3.00. The van der Waals surface area contributed by atoms with Crippen molar-refractivity contribution in [3.8, 4) is 0 Å². The van der Waals surface area contributed by atoms with Crippen LogP contribution in [0.1, 0.15) is 16.2 Å². The fraction of sp³-hybridized carbons (Fsp3) is 0.0714. The molecule has 1 aromatic carbocycles. The topological polar surface area (TPSA) is 93.2 Å². The van der Waals surface area contributed by atoms with Gasteiger partial charge in [0.1, 0.15) is 5.69 Å². The lowest BCUT2D eigenvalue weighted by atomic mass is 10.4. The Balaban J connectivity index is 1.86. The lowest BCUT2D eigenvalue weighted by Gasteiger charge is -2.02. The highest BCUT2D eigenvalue weighted by molar-refractivity contribution is 7.98. The molecule has 0 saturated carbocycles. The number of primary amides is 1. The molecule has 0 atom stereocenters. The molecule has 0 aliphatic rings. The van der Waals surface area contributed by atoms with Crippen molar-refractivity contribution in [1.82, 2.24) is 14.6 Å². The van der Waals surface area contributed by atoms with Crippen LogP contribution in [0.3, 0.4) is 0 Å². The van der Waals surface area contributed by atoms with E-state index in [4.69, 9.17) is 17.3 Å². The molecule has 0 unspecified atom stereocenters. The van der Waals surface area contributed by atoms with Gasteiger partial charge in [-0.05, 0) is 24.3 Å². The summed E-state index contributed by atoms with van der Waals surface area (Å²) in [6.45, 7) is 0. The van der Waals surface area contributed by atoms with E-state index in [1.54, 1.807) is 23.9 Å². The van der Waals surface area contributed by atoms with E-state index >= 15 is 0 Å². The summed E-state index contributed by atoms with van der Waals surface area (Å²) in [7, 11) is 0. The number of thioether (sulfide) groups is 1. The smallest absolute Gasteiger partial charge is 0.272 e. The van der Waals surface area contributed by atoms with Crippen LogP contribution in [0.4, 0.5) is 0 Å². The second-order valence-electron chi connectivity index (χ2n) is 4.56. The van der Waals surface area contributed by atoms with E-state index < -0.39 is 5.91 Å². The van der Waals surface area contributed by atoms with Crippen LogP contribution in [-0.4, -0.2) is 20.5 Å². The van der Waals surface area contributed by atoms with E-state index in [1.165, 1.54) is 16.6 Å². The Morgan fingerprint density at radius 2 is 2.05 bits per heavy atom. The molecule has 0 aliphatic heterocycles. The summed E-state index contributed by atoms with van der Waals surface area (Å²) in [4.78, 5) is 28.5. The minimum Gasteiger partial charge on any atom is -0.364 e. The number of hydrogen-bond donors (Lipinski definition) is 2. The van der Waals surface area contributed by atoms with Crippen molar-refractivity contribution >= 4 is 34.9 Å². The second-order valence-corrected chi connectivity index (χ2v) is 6.04. The van der Waals surface area contributed by atoms with Gasteiger partial charge in [-0.3, -0.25) is 14.7 Å². The van der Waals surface area contributed by atoms with Crippen molar-refractivity contribution in [1.29, 1.82) is 0 Å². The van der Waals surface area contributed by atoms with Crippen LogP contribution in [-0.2, 0) is 5.75 Å². The van der Waals surface area contributed by atoms with Gasteiger partial charge >= 0.3 is 0 Å². The average Bonchev–Trinajstić information content (AvgIpc) is 2.92. The van der Waals surface area contributed by atoms with Gasteiger partial charge in [-0.25, -0.2) is 9.50 Å². The minimum absolute atomic E-state index is 0.145. The second kappa shape index (κ2) is 5.86. The zero-order valence-corrected chi connectivity index (χ0v) is 12.8. The predicted octanol–water partition coefficient (Wildman–Crippen LogP) is 2.07. The van der Waals surface area contributed by atoms with E-state index in [1.807, 2.05) is 12.1 Å². The Hall–Kier alpha value is -2.25. The molecule has 3 aromatic rings. The van der Waals surface area contributed by atoms with Crippen LogP contribution in [0.2, 0.25) is 5.02 Å². The van der Waals surface area contributed by atoms with Crippen LogP contribution >= 0.6 is 23.4 Å². The number of carbonyl (C=O) groups is 1. The fourth-order valence-corrected chi connectivity index (χ4v) is 2.85. The van der Waals surface area contributed by atoms with Crippen LogP contribution in [0.15, 0.2) is 46.1 Å². The molecule has 112 valence electrons. The number of H-pyrrole nitrogens is 1. The molecule has 0 radical (unpaired) electrons. The Bertz CT molecular complexity index is 901. The maximum Gasteiger partial charge on any atom is 0.272 e. The number of hydrogen-bond acceptors (Lipinski definition) is 4. The van der Waals surface area contributed by atoms with Crippen molar-refractivity contribution in [2.24, 2.45) is 5.73 Å². The minimum atomic E-state index is -0.637. The highest BCUT2D eigenvalue weighted by Crippen LogP contribution is 2.23. The van der Waals surface area contributed by atoms with Crippen LogP contribution < -0.4 is 11.3 Å². The standard InChI is InChI=1S/C14H11ClN4O2S/c15-8-1-3-10(4-2-8)22-7-9-5-13(20)19-12(17-9)6-11(18-19)14(16)21/h1-6,18H,7H2,(H2,16,21). The molecule has 0 spiro atoms. The van der Waals surface area contributed by atoms with Gasteiger partial charge in [0.05, 0.1) is 5.69 Å². The van der Waals surface area contributed by atoms with Gasteiger partial charge < -0.3 is 5.73 Å². The van der Waals surface area contributed by atoms with Gasteiger partial charge in [0.15, 0.2) is 5.65 Å².